The summed E-state index contributed by atoms with van der Waals surface area (Å²) in [6.45, 7) is 5.25. The van der Waals surface area contributed by atoms with Gasteiger partial charge in [-0.15, -0.1) is 0 Å². The molecule has 0 radical (unpaired) electrons. The van der Waals surface area contributed by atoms with Crippen LogP contribution in [-0.2, 0) is 0 Å². The highest BCUT2D eigenvalue weighted by Crippen LogP contribution is 2.27. The van der Waals surface area contributed by atoms with Gasteiger partial charge in [-0.25, -0.2) is 4.79 Å². The molecule has 2 atom stereocenters. The topological polar surface area (TPSA) is 61.4 Å². The predicted molar refractivity (Wildman–Crippen MR) is 92.3 cm³/mol. The number of carbonyl (C=O) groups excluding carboxylic acids is 1. The smallest absolute Gasteiger partial charge is 0.314 e. The van der Waals surface area contributed by atoms with Gasteiger partial charge in [-0.1, -0.05) is 44.2 Å². The molecule has 5 heteroatoms. The van der Waals surface area contributed by atoms with E-state index in [2.05, 4.69) is 36.6 Å². The Labute approximate surface area is 137 Å². The average Bonchev–Trinajstić information content (AvgIpc) is 2.93. The third-order valence-electron chi connectivity index (χ3n) is 4.18. The molecule has 0 spiro atoms. The molecule has 3 N–H and O–H groups in total. The number of urea groups is 1. The standard InChI is InChI=1S/C17H26N2O2S/c1-13(2)15(14-6-4-3-5-7-14)10-18-16(20)19-11-17(21)8-9-22-12-17/h3-7,13,15,21H,8-12H2,1-2H3,(H2,18,19,20). The summed E-state index contributed by atoms with van der Waals surface area (Å²) < 4.78 is 0. The maximum Gasteiger partial charge on any atom is 0.314 e. The summed E-state index contributed by atoms with van der Waals surface area (Å²) in [5.74, 6) is 2.39. The van der Waals surface area contributed by atoms with Crippen molar-refractivity contribution in [2.75, 3.05) is 24.6 Å². The number of hydrogen-bond donors (Lipinski definition) is 3. The van der Waals surface area contributed by atoms with Crippen molar-refractivity contribution < 1.29 is 9.90 Å². The maximum atomic E-state index is 12.0. The van der Waals surface area contributed by atoms with Crippen molar-refractivity contribution in [3.8, 4) is 0 Å². The van der Waals surface area contributed by atoms with E-state index in [1.165, 1.54) is 5.56 Å². The highest BCUT2D eigenvalue weighted by molar-refractivity contribution is 7.99. The number of thioether (sulfide) groups is 1. The van der Waals surface area contributed by atoms with Crippen LogP contribution < -0.4 is 10.6 Å². The zero-order valence-corrected chi connectivity index (χ0v) is 14.2. The Balaban J connectivity index is 1.81. The molecule has 1 aromatic carbocycles. The Morgan fingerprint density at radius 2 is 2.05 bits per heavy atom. The third-order valence-corrected chi connectivity index (χ3v) is 5.41. The molecule has 0 aliphatic carbocycles. The van der Waals surface area contributed by atoms with E-state index < -0.39 is 5.60 Å². The van der Waals surface area contributed by atoms with Gasteiger partial charge < -0.3 is 15.7 Å². The minimum absolute atomic E-state index is 0.202. The van der Waals surface area contributed by atoms with Crippen molar-refractivity contribution in [1.82, 2.24) is 10.6 Å². The van der Waals surface area contributed by atoms with Crippen LogP contribution in [0.3, 0.4) is 0 Å². The average molecular weight is 322 g/mol. The molecule has 0 aromatic heterocycles. The van der Waals surface area contributed by atoms with E-state index in [-0.39, 0.29) is 11.9 Å². The molecule has 22 heavy (non-hydrogen) atoms. The zero-order chi connectivity index (χ0) is 16.0. The summed E-state index contributed by atoms with van der Waals surface area (Å²) in [5, 5.41) is 16.0. The van der Waals surface area contributed by atoms with Crippen LogP contribution in [0.5, 0.6) is 0 Å². The van der Waals surface area contributed by atoms with Crippen LogP contribution in [0.25, 0.3) is 0 Å². The van der Waals surface area contributed by atoms with Crippen molar-refractivity contribution in [3.05, 3.63) is 35.9 Å². The highest BCUT2D eigenvalue weighted by Gasteiger charge is 2.32. The summed E-state index contributed by atoms with van der Waals surface area (Å²) in [6.07, 6.45) is 0.747. The SMILES string of the molecule is CC(C)C(CNC(=O)NCC1(O)CCSC1)c1ccccc1. The minimum atomic E-state index is -0.737. The zero-order valence-electron chi connectivity index (χ0n) is 13.3. The van der Waals surface area contributed by atoms with E-state index in [1.807, 2.05) is 18.2 Å². The van der Waals surface area contributed by atoms with E-state index in [0.29, 0.717) is 24.8 Å². The van der Waals surface area contributed by atoms with Gasteiger partial charge in [0.25, 0.3) is 0 Å². The Kier molecular flexibility index (Phi) is 6.15. The summed E-state index contributed by atoms with van der Waals surface area (Å²) in [7, 11) is 0. The minimum Gasteiger partial charge on any atom is -0.387 e. The molecule has 2 rings (SSSR count). The first-order valence-electron chi connectivity index (χ1n) is 7.87. The van der Waals surface area contributed by atoms with Gasteiger partial charge in [0, 0.05) is 24.8 Å². The molecule has 122 valence electrons. The van der Waals surface area contributed by atoms with Crippen LogP contribution in [0.1, 0.15) is 31.7 Å². The summed E-state index contributed by atoms with van der Waals surface area (Å²) >= 11 is 1.73. The van der Waals surface area contributed by atoms with Crippen molar-refractivity contribution in [1.29, 1.82) is 0 Å². The molecule has 2 amide bonds. The molecule has 1 aliphatic rings. The molecule has 1 fully saturated rings. The fourth-order valence-corrected chi connectivity index (χ4v) is 3.98. The van der Waals surface area contributed by atoms with Crippen LogP contribution >= 0.6 is 11.8 Å². The maximum absolute atomic E-state index is 12.0. The van der Waals surface area contributed by atoms with Crippen molar-refractivity contribution >= 4 is 17.8 Å². The molecule has 1 aliphatic heterocycles. The van der Waals surface area contributed by atoms with Crippen LogP contribution in [0, 0.1) is 5.92 Å². The molecular weight excluding hydrogens is 296 g/mol. The van der Waals surface area contributed by atoms with Gasteiger partial charge in [0.15, 0.2) is 0 Å². The molecule has 1 saturated heterocycles. The second-order valence-electron chi connectivity index (χ2n) is 6.35. The number of carbonyl (C=O) groups is 1. The lowest BCUT2D eigenvalue weighted by Gasteiger charge is -2.24. The number of aliphatic hydroxyl groups is 1. The number of amides is 2. The van der Waals surface area contributed by atoms with Crippen LogP contribution in [0.2, 0.25) is 0 Å². The van der Waals surface area contributed by atoms with E-state index in [9.17, 15) is 9.90 Å². The van der Waals surface area contributed by atoms with E-state index in [4.69, 9.17) is 0 Å². The molecule has 0 saturated carbocycles. The Bertz CT molecular complexity index is 473. The van der Waals surface area contributed by atoms with Gasteiger partial charge in [0.2, 0.25) is 0 Å². The predicted octanol–water partition coefficient (Wildman–Crippen LogP) is 2.59. The van der Waals surface area contributed by atoms with Crippen LogP contribution in [0.4, 0.5) is 4.79 Å². The van der Waals surface area contributed by atoms with Gasteiger partial charge in [-0.2, -0.15) is 11.8 Å². The molecule has 1 heterocycles. The Morgan fingerprint density at radius 1 is 1.32 bits per heavy atom. The first-order valence-corrected chi connectivity index (χ1v) is 9.02. The van der Waals surface area contributed by atoms with Crippen LogP contribution in [0.15, 0.2) is 30.3 Å². The molecule has 2 unspecified atom stereocenters. The van der Waals surface area contributed by atoms with Gasteiger partial charge in [-0.05, 0) is 23.7 Å². The van der Waals surface area contributed by atoms with Gasteiger partial charge in [0.05, 0.1) is 5.60 Å². The molecular formula is C17H26N2O2S. The summed E-state index contributed by atoms with van der Waals surface area (Å²) in [4.78, 5) is 12.0. The largest absolute Gasteiger partial charge is 0.387 e. The Morgan fingerprint density at radius 3 is 2.64 bits per heavy atom. The lowest BCUT2D eigenvalue weighted by atomic mass is 9.88. The van der Waals surface area contributed by atoms with E-state index in [0.717, 1.165) is 12.2 Å². The van der Waals surface area contributed by atoms with E-state index in [1.54, 1.807) is 11.8 Å². The number of benzene rings is 1. The first-order chi connectivity index (χ1) is 10.5. The van der Waals surface area contributed by atoms with E-state index >= 15 is 0 Å². The summed E-state index contributed by atoms with van der Waals surface area (Å²) in [5.41, 5.74) is 0.502. The van der Waals surface area contributed by atoms with Crippen molar-refractivity contribution in [3.63, 3.8) is 0 Å². The lowest BCUT2D eigenvalue weighted by molar-refractivity contribution is 0.0700. The van der Waals surface area contributed by atoms with Crippen LogP contribution in [-0.4, -0.2) is 41.3 Å². The quantitative estimate of drug-likeness (QED) is 0.754. The molecule has 1 aromatic rings. The van der Waals surface area contributed by atoms with Gasteiger partial charge in [-0.3, -0.25) is 0 Å². The monoisotopic (exact) mass is 322 g/mol. The van der Waals surface area contributed by atoms with Gasteiger partial charge >= 0.3 is 6.03 Å². The second kappa shape index (κ2) is 7.88. The first kappa shape index (κ1) is 17.2. The number of hydrogen-bond acceptors (Lipinski definition) is 3. The number of rotatable bonds is 6. The lowest BCUT2D eigenvalue weighted by Crippen LogP contribution is -2.47. The summed E-state index contributed by atoms with van der Waals surface area (Å²) in [6, 6.07) is 10.1. The fraction of sp³-hybridized carbons (Fsp3) is 0.588. The van der Waals surface area contributed by atoms with Crippen molar-refractivity contribution in [2.24, 2.45) is 5.92 Å². The fourth-order valence-electron chi connectivity index (χ4n) is 2.68. The van der Waals surface area contributed by atoms with Gasteiger partial charge in [0.1, 0.15) is 0 Å². The van der Waals surface area contributed by atoms with Crippen molar-refractivity contribution in [2.45, 2.75) is 31.8 Å². The Hall–Kier alpha value is -1.20. The number of nitrogens with one attached hydrogen (secondary N) is 2. The second-order valence-corrected chi connectivity index (χ2v) is 7.46. The molecule has 0 bridgehead atoms. The normalized spacial score (nSPS) is 22.5. The third kappa shape index (κ3) is 4.92. The molecule has 4 nitrogen and oxygen atoms in total. The highest BCUT2D eigenvalue weighted by atomic mass is 32.2.